The van der Waals surface area contributed by atoms with Crippen LogP contribution in [0.1, 0.15) is 5.89 Å². The van der Waals surface area contributed by atoms with E-state index in [1.54, 1.807) is 43.5 Å². The molecule has 1 N–H and O–H groups in total. The fourth-order valence-corrected chi connectivity index (χ4v) is 2.19. The Morgan fingerprint density at radius 1 is 1.17 bits per heavy atom. The third-order valence-corrected chi connectivity index (χ3v) is 3.51. The number of carbonyl (C=O) groups excluding carboxylic acids is 1. The van der Waals surface area contributed by atoms with Crippen molar-refractivity contribution in [1.29, 1.82) is 0 Å². The SMILES string of the molecule is COc1ccc(-c2noc(CC(=O)Nc3ccc(Cl)cc3)n2)cc1. The molecule has 0 bridgehead atoms. The quantitative estimate of drug-likeness (QED) is 0.766. The molecule has 0 atom stereocenters. The number of benzene rings is 2. The summed E-state index contributed by atoms with van der Waals surface area (Å²) in [6, 6.07) is 14.1. The molecule has 2 aromatic carbocycles. The van der Waals surface area contributed by atoms with Crippen LogP contribution in [0.4, 0.5) is 5.69 Å². The number of hydrogen-bond donors (Lipinski definition) is 1. The van der Waals surface area contributed by atoms with Crippen LogP contribution in [0.15, 0.2) is 53.1 Å². The summed E-state index contributed by atoms with van der Waals surface area (Å²) >= 11 is 5.80. The average Bonchev–Trinajstić information content (AvgIpc) is 3.05. The van der Waals surface area contributed by atoms with Gasteiger partial charge in [-0.15, -0.1) is 0 Å². The molecule has 1 heterocycles. The zero-order chi connectivity index (χ0) is 16.9. The molecule has 7 heteroatoms. The first-order valence-corrected chi connectivity index (χ1v) is 7.54. The van der Waals surface area contributed by atoms with E-state index in [1.807, 2.05) is 12.1 Å². The maximum Gasteiger partial charge on any atom is 0.236 e. The van der Waals surface area contributed by atoms with E-state index in [0.29, 0.717) is 16.5 Å². The van der Waals surface area contributed by atoms with E-state index in [0.717, 1.165) is 11.3 Å². The second-order valence-corrected chi connectivity index (χ2v) is 5.41. The summed E-state index contributed by atoms with van der Waals surface area (Å²) in [7, 11) is 1.60. The van der Waals surface area contributed by atoms with Crippen LogP contribution in [0.3, 0.4) is 0 Å². The van der Waals surface area contributed by atoms with Crippen molar-refractivity contribution in [3.8, 4) is 17.1 Å². The lowest BCUT2D eigenvalue weighted by molar-refractivity contribution is -0.115. The summed E-state index contributed by atoms with van der Waals surface area (Å²) in [6.07, 6.45) is -0.00815. The van der Waals surface area contributed by atoms with Gasteiger partial charge in [-0.3, -0.25) is 4.79 Å². The highest BCUT2D eigenvalue weighted by Crippen LogP contribution is 2.20. The van der Waals surface area contributed by atoms with Gasteiger partial charge in [0.15, 0.2) is 0 Å². The van der Waals surface area contributed by atoms with Crippen LogP contribution in [0.25, 0.3) is 11.4 Å². The zero-order valence-electron chi connectivity index (χ0n) is 12.8. The van der Waals surface area contributed by atoms with Gasteiger partial charge in [0.2, 0.25) is 17.6 Å². The number of aromatic nitrogens is 2. The van der Waals surface area contributed by atoms with Gasteiger partial charge in [-0.1, -0.05) is 16.8 Å². The monoisotopic (exact) mass is 343 g/mol. The molecule has 3 aromatic rings. The summed E-state index contributed by atoms with van der Waals surface area (Å²) < 4.78 is 10.2. The van der Waals surface area contributed by atoms with E-state index in [2.05, 4.69) is 15.5 Å². The van der Waals surface area contributed by atoms with Crippen molar-refractivity contribution < 1.29 is 14.1 Å². The van der Waals surface area contributed by atoms with Gasteiger partial charge < -0.3 is 14.6 Å². The van der Waals surface area contributed by atoms with E-state index >= 15 is 0 Å². The van der Waals surface area contributed by atoms with Crippen molar-refractivity contribution in [2.75, 3.05) is 12.4 Å². The summed E-state index contributed by atoms with van der Waals surface area (Å²) in [5.41, 5.74) is 1.43. The van der Waals surface area contributed by atoms with Crippen molar-refractivity contribution in [3.05, 3.63) is 59.4 Å². The molecule has 0 unspecified atom stereocenters. The highest BCUT2D eigenvalue weighted by atomic mass is 35.5. The number of amides is 1. The number of methoxy groups -OCH3 is 1. The topological polar surface area (TPSA) is 77.2 Å². The Kier molecular flexibility index (Phi) is 4.77. The van der Waals surface area contributed by atoms with Gasteiger partial charge in [-0.2, -0.15) is 4.98 Å². The summed E-state index contributed by atoms with van der Waals surface area (Å²) in [5, 5.41) is 7.23. The van der Waals surface area contributed by atoms with E-state index in [-0.39, 0.29) is 18.2 Å². The van der Waals surface area contributed by atoms with Gasteiger partial charge in [-0.25, -0.2) is 0 Å². The predicted octanol–water partition coefficient (Wildman–Crippen LogP) is 3.58. The Labute approximate surface area is 143 Å². The van der Waals surface area contributed by atoms with Gasteiger partial charge in [0.05, 0.1) is 7.11 Å². The molecule has 3 rings (SSSR count). The van der Waals surface area contributed by atoms with Crippen molar-refractivity contribution >= 4 is 23.2 Å². The Morgan fingerprint density at radius 2 is 1.88 bits per heavy atom. The molecule has 122 valence electrons. The molecule has 0 radical (unpaired) electrons. The van der Waals surface area contributed by atoms with E-state index in [1.165, 1.54) is 0 Å². The van der Waals surface area contributed by atoms with Gasteiger partial charge in [0.25, 0.3) is 0 Å². The number of ether oxygens (including phenoxy) is 1. The molecule has 0 saturated carbocycles. The lowest BCUT2D eigenvalue weighted by Crippen LogP contribution is -2.14. The summed E-state index contributed by atoms with van der Waals surface area (Å²) in [6.45, 7) is 0. The smallest absolute Gasteiger partial charge is 0.236 e. The number of carbonyl (C=O) groups is 1. The summed E-state index contributed by atoms with van der Waals surface area (Å²) in [4.78, 5) is 16.2. The highest BCUT2D eigenvalue weighted by Gasteiger charge is 2.13. The Balaban J connectivity index is 1.64. The van der Waals surface area contributed by atoms with Crippen LogP contribution in [-0.2, 0) is 11.2 Å². The van der Waals surface area contributed by atoms with Gasteiger partial charge >= 0.3 is 0 Å². The van der Waals surface area contributed by atoms with Gasteiger partial charge in [0.1, 0.15) is 12.2 Å². The second-order valence-electron chi connectivity index (χ2n) is 4.97. The van der Waals surface area contributed by atoms with E-state index in [9.17, 15) is 4.79 Å². The number of hydrogen-bond acceptors (Lipinski definition) is 5. The first kappa shape index (κ1) is 16.0. The first-order chi connectivity index (χ1) is 11.6. The lowest BCUT2D eigenvalue weighted by atomic mass is 10.2. The zero-order valence-corrected chi connectivity index (χ0v) is 13.6. The number of nitrogens with one attached hydrogen (secondary N) is 1. The largest absolute Gasteiger partial charge is 0.497 e. The molecule has 1 aromatic heterocycles. The van der Waals surface area contributed by atoms with Gasteiger partial charge in [0, 0.05) is 16.3 Å². The van der Waals surface area contributed by atoms with Crippen LogP contribution in [-0.4, -0.2) is 23.2 Å². The van der Waals surface area contributed by atoms with Crippen LogP contribution in [0.5, 0.6) is 5.75 Å². The third kappa shape index (κ3) is 3.91. The molecule has 1 amide bonds. The van der Waals surface area contributed by atoms with Crippen molar-refractivity contribution in [3.63, 3.8) is 0 Å². The lowest BCUT2D eigenvalue weighted by Gasteiger charge is -2.02. The number of anilines is 1. The number of nitrogens with zero attached hydrogens (tertiary/aromatic N) is 2. The maximum absolute atomic E-state index is 12.0. The average molecular weight is 344 g/mol. The van der Waals surface area contributed by atoms with Crippen LogP contribution in [0.2, 0.25) is 5.02 Å². The minimum atomic E-state index is -0.248. The van der Waals surface area contributed by atoms with Gasteiger partial charge in [-0.05, 0) is 48.5 Å². The fourth-order valence-electron chi connectivity index (χ4n) is 2.06. The molecule has 0 saturated heterocycles. The van der Waals surface area contributed by atoms with Crippen molar-refractivity contribution in [2.24, 2.45) is 0 Å². The first-order valence-electron chi connectivity index (χ1n) is 7.16. The molecule has 0 aliphatic carbocycles. The minimum absolute atomic E-state index is 0.00815. The predicted molar refractivity (Wildman–Crippen MR) is 90.1 cm³/mol. The fraction of sp³-hybridized carbons (Fsp3) is 0.118. The number of rotatable bonds is 5. The normalized spacial score (nSPS) is 10.4. The Bertz CT molecular complexity index is 829. The molecular weight excluding hydrogens is 330 g/mol. The van der Waals surface area contributed by atoms with Crippen molar-refractivity contribution in [2.45, 2.75) is 6.42 Å². The molecule has 24 heavy (non-hydrogen) atoms. The van der Waals surface area contributed by atoms with Crippen molar-refractivity contribution in [1.82, 2.24) is 10.1 Å². The van der Waals surface area contributed by atoms with E-state index < -0.39 is 0 Å². The summed E-state index contributed by atoms with van der Waals surface area (Å²) in [5.74, 6) is 1.16. The van der Waals surface area contributed by atoms with Crippen LogP contribution >= 0.6 is 11.6 Å². The second kappa shape index (κ2) is 7.14. The van der Waals surface area contributed by atoms with E-state index in [4.69, 9.17) is 20.9 Å². The molecular formula is C17H14ClN3O3. The third-order valence-electron chi connectivity index (χ3n) is 3.26. The Hall–Kier alpha value is -2.86. The maximum atomic E-state index is 12.0. The molecule has 6 nitrogen and oxygen atoms in total. The number of halogens is 1. The highest BCUT2D eigenvalue weighted by molar-refractivity contribution is 6.30. The van der Waals surface area contributed by atoms with Crippen LogP contribution in [0, 0.1) is 0 Å². The minimum Gasteiger partial charge on any atom is -0.497 e. The molecule has 0 aliphatic heterocycles. The standard InChI is InChI=1S/C17H14ClN3O3/c1-23-14-8-2-11(3-9-14)17-20-16(24-21-17)10-15(22)19-13-6-4-12(18)5-7-13/h2-9H,10H2,1H3,(H,19,22). The Morgan fingerprint density at radius 3 is 2.54 bits per heavy atom. The molecule has 0 aliphatic rings. The van der Waals surface area contributed by atoms with Crippen LogP contribution < -0.4 is 10.1 Å². The molecule has 0 fully saturated rings. The molecule has 0 spiro atoms.